The second kappa shape index (κ2) is 9.03. The van der Waals surface area contributed by atoms with E-state index >= 15 is 0 Å². The lowest BCUT2D eigenvalue weighted by Gasteiger charge is -2.29. The van der Waals surface area contributed by atoms with Crippen LogP contribution in [-0.2, 0) is 24.2 Å². The zero-order chi connectivity index (χ0) is 22.8. The van der Waals surface area contributed by atoms with Gasteiger partial charge in [0.05, 0.1) is 16.8 Å². The summed E-state index contributed by atoms with van der Waals surface area (Å²) in [5.41, 5.74) is 4.23. The predicted molar refractivity (Wildman–Crippen MR) is 126 cm³/mol. The number of pyridine rings is 1. The van der Waals surface area contributed by atoms with Gasteiger partial charge in [-0.25, -0.2) is 0 Å². The minimum atomic E-state index is -0.227. The molecule has 2 aromatic rings. The number of amides is 1. The topological polar surface area (TPSA) is 69.4 Å². The van der Waals surface area contributed by atoms with Gasteiger partial charge >= 0.3 is 0 Å². The SMILES string of the molecule is COCCCn1cc(C(=O)N2CCc3ccccc3C2)c2nn(-c3ccccc3)c(=O)c-2c1. The number of methoxy groups -OCH3 is 1. The van der Waals surface area contributed by atoms with Crippen LogP contribution in [0, 0.1) is 0 Å². The molecular formula is C26H26N4O3. The lowest BCUT2D eigenvalue weighted by atomic mass is 9.99. The summed E-state index contributed by atoms with van der Waals surface area (Å²) in [6.45, 7) is 2.44. The highest BCUT2D eigenvalue weighted by atomic mass is 16.5. The van der Waals surface area contributed by atoms with Gasteiger partial charge in [0.15, 0.2) is 0 Å². The molecule has 1 amide bonds. The monoisotopic (exact) mass is 442 g/mol. The van der Waals surface area contributed by atoms with Gasteiger partial charge in [0, 0.05) is 45.7 Å². The van der Waals surface area contributed by atoms with Crippen LogP contribution in [0.1, 0.15) is 27.9 Å². The van der Waals surface area contributed by atoms with Crippen LogP contribution in [0.25, 0.3) is 16.9 Å². The van der Waals surface area contributed by atoms with Gasteiger partial charge in [0.1, 0.15) is 5.69 Å². The molecule has 33 heavy (non-hydrogen) atoms. The minimum Gasteiger partial charge on any atom is -0.385 e. The van der Waals surface area contributed by atoms with E-state index in [1.54, 1.807) is 13.3 Å². The Kier molecular flexibility index (Phi) is 5.79. The fourth-order valence-electron chi connectivity index (χ4n) is 4.42. The van der Waals surface area contributed by atoms with Crippen molar-refractivity contribution in [1.82, 2.24) is 19.2 Å². The molecule has 0 unspecified atom stereocenters. The first-order chi connectivity index (χ1) is 16.2. The van der Waals surface area contributed by atoms with Crippen LogP contribution in [0.4, 0.5) is 0 Å². The van der Waals surface area contributed by atoms with Gasteiger partial charge in [0.2, 0.25) is 0 Å². The van der Waals surface area contributed by atoms with Crippen molar-refractivity contribution in [2.45, 2.75) is 25.9 Å². The molecule has 7 nitrogen and oxygen atoms in total. The van der Waals surface area contributed by atoms with E-state index in [0.717, 1.165) is 18.4 Å². The second-order valence-electron chi connectivity index (χ2n) is 8.32. The molecule has 0 bridgehead atoms. The number of aromatic nitrogens is 3. The third kappa shape index (κ3) is 4.07. The number of carbonyl (C=O) groups excluding carboxylic acids is 1. The van der Waals surface area contributed by atoms with Crippen LogP contribution in [0.15, 0.2) is 71.8 Å². The van der Waals surface area contributed by atoms with Gasteiger partial charge in [-0.05, 0) is 36.1 Å². The maximum absolute atomic E-state index is 13.7. The number of hydrogen-bond donors (Lipinski definition) is 0. The third-order valence-corrected chi connectivity index (χ3v) is 6.14. The van der Waals surface area contributed by atoms with Gasteiger partial charge < -0.3 is 14.2 Å². The molecule has 2 aromatic carbocycles. The molecule has 5 rings (SSSR count). The van der Waals surface area contributed by atoms with E-state index in [4.69, 9.17) is 4.74 Å². The summed E-state index contributed by atoms with van der Waals surface area (Å²) in [7, 11) is 1.66. The van der Waals surface area contributed by atoms with Gasteiger partial charge in [-0.3, -0.25) is 9.59 Å². The van der Waals surface area contributed by atoms with Crippen LogP contribution in [0.3, 0.4) is 0 Å². The summed E-state index contributed by atoms with van der Waals surface area (Å²) in [5.74, 6) is -0.103. The number of aryl methyl sites for hydroxylation is 1. The zero-order valence-electron chi connectivity index (χ0n) is 18.6. The van der Waals surface area contributed by atoms with Crippen LogP contribution in [-0.4, -0.2) is 45.4 Å². The normalized spacial score (nSPS) is 13.3. The summed E-state index contributed by atoms with van der Waals surface area (Å²) in [5, 5.41) is 4.60. The Bertz CT molecular complexity index is 1310. The van der Waals surface area contributed by atoms with Crippen molar-refractivity contribution in [3.8, 4) is 16.9 Å². The fraction of sp³-hybridized carbons (Fsp3) is 0.269. The van der Waals surface area contributed by atoms with Crippen molar-refractivity contribution >= 4 is 5.91 Å². The summed E-state index contributed by atoms with van der Waals surface area (Å²) in [4.78, 5) is 28.8. The maximum Gasteiger partial charge on any atom is 0.282 e. The van der Waals surface area contributed by atoms with E-state index in [-0.39, 0.29) is 11.5 Å². The first-order valence-corrected chi connectivity index (χ1v) is 11.2. The van der Waals surface area contributed by atoms with Gasteiger partial charge in [-0.2, -0.15) is 9.78 Å². The van der Waals surface area contributed by atoms with E-state index < -0.39 is 0 Å². The molecule has 7 heteroatoms. The van der Waals surface area contributed by atoms with E-state index in [2.05, 4.69) is 17.2 Å². The Morgan fingerprint density at radius 1 is 1.03 bits per heavy atom. The molecule has 0 atom stereocenters. The molecule has 0 aromatic heterocycles. The predicted octanol–water partition coefficient (Wildman–Crippen LogP) is 3.37. The lowest BCUT2D eigenvalue weighted by molar-refractivity contribution is 0.0734. The van der Waals surface area contributed by atoms with Crippen molar-refractivity contribution in [2.75, 3.05) is 20.3 Å². The smallest absolute Gasteiger partial charge is 0.282 e. The molecule has 0 saturated carbocycles. The van der Waals surface area contributed by atoms with Crippen molar-refractivity contribution in [3.05, 3.63) is 94.0 Å². The largest absolute Gasteiger partial charge is 0.385 e. The number of para-hydroxylation sites is 1. The second-order valence-corrected chi connectivity index (χ2v) is 8.32. The van der Waals surface area contributed by atoms with Crippen LogP contribution >= 0.6 is 0 Å². The van der Waals surface area contributed by atoms with Crippen molar-refractivity contribution in [3.63, 3.8) is 0 Å². The highest BCUT2D eigenvalue weighted by Gasteiger charge is 2.29. The lowest BCUT2D eigenvalue weighted by Crippen LogP contribution is -2.36. The van der Waals surface area contributed by atoms with Crippen molar-refractivity contribution in [2.24, 2.45) is 0 Å². The number of hydrogen-bond acceptors (Lipinski definition) is 4. The van der Waals surface area contributed by atoms with Gasteiger partial charge in [-0.1, -0.05) is 42.5 Å². The fourth-order valence-corrected chi connectivity index (χ4v) is 4.42. The first-order valence-electron chi connectivity index (χ1n) is 11.2. The molecule has 0 fully saturated rings. The van der Waals surface area contributed by atoms with Crippen LogP contribution in [0.5, 0.6) is 0 Å². The van der Waals surface area contributed by atoms with E-state index in [9.17, 15) is 9.59 Å². The molecule has 3 heterocycles. The van der Waals surface area contributed by atoms with E-state index in [1.165, 1.54) is 10.2 Å². The molecule has 0 radical (unpaired) electrons. The molecule has 0 spiro atoms. The Hall–Kier alpha value is -3.71. The molecule has 3 aliphatic heterocycles. The van der Waals surface area contributed by atoms with E-state index in [1.807, 2.05) is 58.1 Å². The third-order valence-electron chi connectivity index (χ3n) is 6.14. The Morgan fingerprint density at radius 3 is 2.58 bits per heavy atom. The van der Waals surface area contributed by atoms with Gasteiger partial charge in [-0.15, -0.1) is 0 Å². The summed E-state index contributed by atoms with van der Waals surface area (Å²) >= 11 is 0. The van der Waals surface area contributed by atoms with E-state index in [0.29, 0.717) is 48.7 Å². The minimum absolute atomic E-state index is 0.103. The highest BCUT2D eigenvalue weighted by molar-refractivity contribution is 6.00. The molecule has 0 N–H and O–H groups in total. The standard InChI is InChI=1S/C26H26N4O3/c1-33-15-7-13-28-17-22(25(31)29-14-12-19-8-5-6-9-20(19)16-29)24-23(18-28)26(32)30(27-24)21-10-3-2-4-11-21/h2-6,8-11,17-18H,7,12-16H2,1H3. The summed E-state index contributed by atoms with van der Waals surface area (Å²) < 4.78 is 8.47. The number of carbonyl (C=O) groups is 1. The quantitative estimate of drug-likeness (QED) is 0.430. The van der Waals surface area contributed by atoms with Crippen molar-refractivity contribution < 1.29 is 9.53 Å². The average molecular weight is 443 g/mol. The molecule has 168 valence electrons. The number of ether oxygens (including phenoxy) is 1. The average Bonchev–Trinajstić information content (AvgIpc) is 3.20. The summed E-state index contributed by atoms with van der Waals surface area (Å²) in [6, 6.07) is 17.5. The first kappa shape index (κ1) is 21.2. The Morgan fingerprint density at radius 2 is 1.79 bits per heavy atom. The number of fused-ring (bicyclic) bond motifs is 2. The van der Waals surface area contributed by atoms with Crippen LogP contribution in [0.2, 0.25) is 0 Å². The van der Waals surface area contributed by atoms with Gasteiger partial charge in [0.25, 0.3) is 11.5 Å². The Labute approximate surface area is 192 Å². The number of nitrogens with zero attached hydrogens (tertiary/aromatic N) is 4. The molecule has 0 saturated heterocycles. The molecule has 0 aliphatic carbocycles. The Balaban J connectivity index is 1.57. The van der Waals surface area contributed by atoms with Crippen LogP contribution < -0.4 is 5.56 Å². The number of rotatable bonds is 6. The molecule has 3 aliphatic rings. The molecular weight excluding hydrogens is 416 g/mol. The zero-order valence-corrected chi connectivity index (χ0v) is 18.6. The number of benzene rings is 2. The maximum atomic E-state index is 13.7. The highest BCUT2D eigenvalue weighted by Crippen LogP contribution is 2.26. The summed E-state index contributed by atoms with van der Waals surface area (Å²) in [6.07, 6.45) is 5.21. The van der Waals surface area contributed by atoms with Crippen molar-refractivity contribution in [1.29, 1.82) is 0 Å².